The highest BCUT2D eigenvalue weighted by Gasteiger charge is 2.32. The molecule has 0 spiro atoms. The van der Waals surface area contributed by atoms with Crippen LogP contribution in [0.5, 0.6) is 5.75 Å². The first-order chi connectivity index (χ1) is 9.04. The third kappa shape index (κ3) is 3.60. The van der Waals surface area contributed by atoms with E-state index in [9.17, 15) is 5.11 Å². The van der Waals surface area contributed by atoms with Crippen molar-refractivity contribution in [3.63, 3.8) is 0 Å². The number of benzene rings is 1. The summed E-state index contributed by atoms with van der Waals surface area (Å²) in [7, 11) is 1.64. The normalized spacial score (nSPS) is 24.4. The number of hydrogen-bond donors (Lipinski definition) is 2. The highest BCUT2D eigenvalue weighted by Crippen LogP contribution is 2.28. The van der Waals surface area contributed by atoms with Crippen molar-refractivity contribution in [2.45, 2.75) is 25.0 Å². The molecule has 4 nitrogen and oxygen atoms in total. The van der Waals surface area contributed by atoms with E-state index in [1.807, 2.05) is 19.1 Å². The Bertz CT molecular complexity index is 433. The summed E-state index contributed by atoms with van der Waals surface area (Å²) in [6.07, 6.45) is 0.666. The highest BCUT2D eigenvalue weighted by atomic mass is 35.5. The van der Waals surface area contributed by atoms with Gasteiger partial charge in [0.1, 0.15) is 11.4 Å². The number of ether oxygens (including phenoxy) is 2. The number of aliphatic hydroxyl groups is 1. The number of rotatable bonds is 5. The monoisotopic (exact) mass is 285 g/mol. The molecule has 1 aliphatic rings. The van der Waals surface area contributed by atoms with Crippen LogP contribution < -0.4 is 10.1 Å². The largest absolute Gasteiger partial charge is 0.496 e. The van der Waals surface area contributed by atoms with Crippen LogP contribution >= 0.6 is 11.6 Å². The van der Waals surface area contributed by atoms with Crippen LogP contribution in [0.3, 0.4) is 0 Å². The van der Waals surface area contributed by atoms with Crippen LogP contribution in [0.4, 0.5) is 0 Å². The molecule has 0 radical (unpaired) electrons. The lowest BCUT2D eigenvalue weighted by atomic mass is 10.0. The molecule has 2 rings (SSSR count). The topological polar surface area (TPSA) is 50.7 Å². The van der Waals surface area contributed by atoms with Gasteiger partial charge in [-0.25, -0.2) is 0 Å². The summed E-state index contributed by atoms with van der Waals surface area (Å²) < 4.78 is 10.6. The second-order valence-electron chi connectivity index (χ2n) is 5.02. The maximum Gasteiger partial charge on any atom is 0.123 e. The maximum atomic E-state index is 10.2. The molecule has 0 unspecified atom stereocenters. The van der Waals surface area contributed by atoms with Gasteiger partial charge in [0.25, 0.3) is 0 Å². The maximum absolute atomic E-state index is 10.2. The van der Waals surface area contributed by atoms with E-state index in [1.54, 1.807) is 13.2 Å². The standard InChI is InChI=1S/C14H20ClNO3/c1-10(16-8-14(17)5-6-19-9-14)12-7-11(15)3-4-13(12)18-2/h3-4,7,10,16-17H,5-6,8-9H2,1-2H3/t10-,14+/m1/s1. The molecule has 2 atom stereocenters. The molecule has 1 aromatic carbocycles. The second kappa shape index (κ2) is 6.09. The predicted octanol–water partition coefficient (Wildman–Crippen LogP) is 2.15. The average Bonchev–Trinajstić information content (AvgIpc) is 2.83. The van der Waals surface area contributed by atoms with Crippen LogP contribution in [0.15, 0.2) is 18.2 Å². The van der Waals surface area contributed by atoms with E-state index in [0.717, 1.165) is 11.3 Å². The fourth-order valence-corrected chi connectivity index (χ4v) is 2.41. The molecule has 19 heavy (non-hydrogen) atoms. The Labute approximate surface area is 118 Å². The molecular formula is C14H20ClNO3. The van der Waals surface area contributed by atoms with E-state index < -0.39 is 5.60 Å². The van der Waals surface area contributed by atoms with E-state index in [-0.39, 0.29) is 6.04 Å². The van der Waals surface area contributed by atoms with Gasteiger partial charge in [-0.15, -0.1) is 0 Å². The Kier molecular flexibility index (Phi) is 4.68. The van der Waals surface area contributed by atoms with Crippen LogP contribution in [0.1, 0.15) is 24.9 Å². The van der Waals surface area contributed by atoms with Gasteiger partial charge >= 0.3 is 0 Å². The molecule has 106 valence electrons. The molecule has 1 fully saturated rings. The molecule has 2 N–H and O–H groups in total. The van der Waals surface area contributed by atoms with E-state index >= 15 is 0 Å². The quantitative estimate of drug-likeness (QED) is 0.870. The van der Waals surface area contributed by atoms with Crippen LogP contribution in [0.25, 0.3) is 0 Å². The summed E-state index contributed by atoms with van der Waals surface area (Å²) in [5, 5.41) is 14.2. The van der Waals surface area contributed by atoms with Crippen molar-refractivity contribution in [1.29, 1.82) is 0 Å². The molecule has 1 aliphatic heterocycles. The SMILES string of the molecule is COc1ccc(Cl)cc1[C@@H](C)NC[C@@]1(O)CCOC1. The minimum absolute atomic E-state index is 0.0401. The summed E-state index contributed by atoms with van der Waals surface area (Å²) in [6, 6.07) is 5.57. The van der Waals surface area contributed by atoms with Crippen molar-refractivity contribution >= 4 is 11.6 Å². The zero-order chi connectivity index (χ0) is 13.9. The fraction of sp³-hybridized carbons (Fsp3) is 0.571. The van der Waals surface area contributed by atoms with E-state index in [1.165, 1.54) is 0 Å². The van der Waals surface area contributed by atoms with Gasteiger partial charge < -0.3 is 19.9 Å². The van der Waals surface area contributed by atoms with E-state index in [4.69, 9.17) is 21.1 Å². The Balaban J connectivity index is 2.03. The molecule has 5 heteroatoms. The smallest absolute Gasteiger partial charge is 0.123 e. The molecular weight excluding hydrogens is 266 g/mol. The van der Waals surface area contributed by atoms with Crippen molar-refractivity contribution in [1.82, 2.24) is 5.32 Å². The van der Waals surface area contributed by atoms with Gasteiger partial charge in [0.05, 0.1) is 13.7 Å². The minimum Gasteiger partial charge on any atom is -0.496 e. The fourth-order valence-electron chi connectivity index (χ4n) is 2.23. The van der Waals surface area contributed by atoms with Gasteiger partial charge in [0.15, 0.2) is 0 Å². The molecule has 0 amide bonds. The lowest BCUT2D eigenvalue weighted by molar-refractivity contribution is 0.0251. The average molecular weight is 286 g/mol. The minimum atomic E-state index is -0.764. The van der Waals surface area contributed by atoms with Gasteiger partial charge in [0, 0.05) is 36.2 Å². The van der Waals surface area contributed by atoms with E-state index in [2.05, 4.69) is 5.32 Å². The van der Waals surface area contributed by atoms with Crippen LogP contribution in [-0.2, 0) is 4.74 Å². The van der Waals surface area contributed by atoms with Gasteiger partial charge in [-0.05, 0) is 25.1 Å². The molecule has 0 bridgehead atoms. The third-order valence-electron chi connectivity index (χ3n) is 3.48. The van der Waals surface area contributed by atoms with Gasteiger partial charge in [-0.2, -0.15) is 0 Å². The molecule has 1 heterocycles. The van der Waals surface area contributed by atoms with Crippen molar-refractivity contribution in [3.05, 3.63) is 28.8 Å². The summed E-state index contributed by atoms with van der Waals surface area (Å²) in [4.78, 5) is 0. The number of halogens is 1. The zero-order valence-electron chi connectivity index (χ0n) is 11.3. The second-order valence-corrected chi connectivity index (χ2v) is 5.45. The van der Waals surface area contributed by atoms with Crippen LogP contribution in [-0.4, -0.2) is 37.6 Å². The summed E-state index contributed by atoms with van der Waals surface area (Å²) in [5.41, 5.74) is 0.220. The number of nitrogens with one attached hydrogen (secondary N) is 1. The molecule has 1 saturated heterocycles. The summed E-state index contributed by atoms with van der Waals surface area (Å²) in [5.74, 6) is 0.791. The van der Waals surface area contributed by atoms with Gasteiger partial charge in [0.2, 0.25) is 0 Å². The molecule has 1 aromatic rings. The first-order valence-electron chi connectivity index (χ1n) is 6.41. The van der Waals surface area contributed by atoms with Crippen molar-refractivity contribution in [2.75, 3.05) is 26.9 Å². The van der Waals surface area contributed by atoms with Crippen LogP contribution in [0, 0.1) is 0 Å². The first-order valence-corrected chi connectivity index (χ1v) is 6.79. The lowest BCUT2D eigenvalue weighted by Crippen LogP contribution is -2.41. The molecule has 0 saturated carbocycles. The van der Waals surface area contributed by atoms with Crippen LogP contribution in [0.2, 0.25) is 5.02 Å². The van der Waals surface area contributed by atoms with Crippen molar-refractivity contribution in [3.8, 4) is 5.75 Å². The van der Waals surface area contributed by atoms with Gasteiger partial charge in [-0.1, -0.05) is 11.6 Å². The van der Waals surface area contributed by atoms with Gasteiger partial charge in [-0.3, -0.25) is 0 Å². The predicted molar refractivity (Wildman–Crippen MR) is 74.8 cm³/mol. The number of hydrogen-bond acceptors (Lipinski definition) is 4. The van der Waals surface area contributed by atoms with Crippen molar-refractivity contribution in [2.24, 2.45) is 0 Å². The Morgan fingerprint density at radius 2 is 2.37 bits per heavy atom. The molecule has 0 aromatic heterocycles. The lowest BCUT2D eigenvalue weighted by Gasteiger charge is -2.25. The Morgan fingerprint density at radius 3 is 3.00 bits per heavy atom. The zero-order valence-corrected chi connectivity index (χ0v) is 12.0. The third-order valence-corrected chi connectivity index (χ3v) is 3.71. The Morgan fingerprint density at radius 1 is 1.58 bits per heavy atom. The van der Waals surface area contributed by atoms with Crippen molar-refractivity contribution < 1.29 is 14.6 Å². The Hall–Kier alpha value is -0.810. The highest BCUT2D eigenvalue weighted by molar-refractivity contribution is 6.30. The number of methoxy groups -OCH3 is 1. The summed E-state index contributed by atoms with van der Waals surface area (Å²) in [6.45, 7) is 3.52. The summed E-state index contributed by atoms with van der Waals surface area (Å²) >= 11 is 6.02. The molecule has 0 aliphatic carbocycles. The first kappa shape index (κ1) is 14.6. The van der Waals surface area contributed by atoms with E-state index in [0.29, 0.717) is 31.2 Å².